The molecule has 200 valence electrons. The fourth-order valence-corrected chi connectivity index (χ4v) is 5.26. The Morgan fingerprint density at radius 3 is 2.59 bits per heavy atom. The number of anilines is 1. The molecule has 1 aliphatic rings. The van der Waals surface area contributed by atoms with E-state index in [4.69, 9.17) is 19.2 Å². The van der Waals surface area contributed by atoms with Crippen LogP contribution in [0.5, 0.6) is 17.4 Å². The summed E-state index contributed by atoms with van der Waals surface area (Å²) in [5, 5.41) is 9.38. The van der Waals surface area contributed by atoms with Crippen LogP contribution in [0, 0.1) is 0 Å². The summed E-state index contributed by atoms with van der Waals surface area (Å²) in [6.45, 7) is 3.97. The van der Waals surface area contributed by atoms with Crippen molar-refractivity contribution in [1.82, 2.24) is 15.2 Å². The molecular formula is C30H30N4O4S. The molecule has 0 N–H and O–H groups in total. The van der Waals surface area contributed by atoms with E-state index in [1.807, 2.05) is 72.8 Å². The zero-order valence-electron chi connectivity index (χ0n) is 22.2. The summed E-state index contributed by atoms with van der Waals surface area (Å²) in [5.41, 5.74) is 3.47. The van der Waals surface area contributed by atoms with Gasteiger partial charge < -0.3 is 14.2 Å². The Labute approximate surface area is 232 Å². The predicted molar refractivity (Wildman–Crippen MR) is 151 cm³/mol. The molecule has 0 saturated heterocycles. The summed E-state index contributed by atoms with van der Waals surface area (Å²) in [6.07, 6.45) is 1.23. The molecule has 0 aliphatic carbocycles. The molecule has 1 amide bonds. The van der Waals surface area contributed by atoms with Crippen LogP contribution >= 0.6 is 11.8 Å². The van der Waals surface area contributed by atoms with Crippen molar-refractivity contribution >= 4 is 23.4 Å². The van der Waals surface area contributed by atoms with Crippen molar-refractivity contribution in [1.29, 1.82) is 0 Å². The Morgan fingerprint density at radius 1 is 1.03 bits per heavy atom. The average Bonchev–Trinajstić information content (AvgIpc) is 3.11. The monoisotopic (exact) mass is 542 g/mol. The first kappa shape index (κ1) is 26.5. The summed E-state index contributed by atoms with van der Waals surface area (Å²) in [5.74, 6) is 2.00. The van der Waals surface area contributed by atoms with E-state index >= 15 is 0 Å². The normalized spacial score (nSPS) is 14.0. The molecule has 5 rings (SSSR count). The van der Waals surface area contributed by atoms with Gasteiger partial charge in [0.05, 0.1) is 18.4 Å². The van der Waals surface area contributed by atoms with Gasteiger partial charge in [-0.05, 0) is 30.2 Å². The number of unbranched alkanes of at least 4 members (excludes halogenated alkanes) is 1. The number of fused-ring (bicyclic) bond motifs is 3. The average molecular weight is 543 g/mol. The molecule has 0 saturated carbocycles. The molecule has 0 spiro atoms. The first-order valence-corrected chi connectivity index (χ1v) is 13.9. The quantitative estimate of drug-likeness (QED) is 0.176. The van der Waals surface area contributed by atoms with E-state index in [-0.39, 0.29) is 5.91 Å². The van der Waals surface area contributed by atoms with Crippen molar-refractivity contribution in [2.45, 2.75) is 44.7 Å². The van der Waals surface area contributed by atoms with Crippen LogP contribution in [0.15, 0.2) is 78.0 Å². The molecule has 0 bridgehead atoms. The molecule has 9 heteroatoms. The smallest absolute Gasteiger partial charge is 0.247 e. The highest BCUT2D eigenvalue weighted by atomic mass is 32.2. The van der Waals surface area contributed by atoms with E-state index in [1.54, 1.807) is 12.0 Å². The topological polar surface area (TPSA) is 86.7 Å². The minimum absolute atomic E-state index is 0.206. The number of methoxy groups -OCH3 is 1. The maximum atomic E-state index is 13.2. The SMILES string of the molecule is CCCCSc1nnc2c(n1)OC(c1cccc(OC)c1OCc1ccccc1)N(C(C)=O)c1ccccc1-2. The molecule has 1 unspecified atom stereocenters. The number of hydrogen-bond donors (Lipinski definition) is 0. The first-order valence-electron chi connectivity index (χ1n) is 12.9. The van der Waals surface area contributed by atoms with Crippen molar-refractivity contribution < 1.29 is 19.0 Å². The molecule has 2 heterocycles. The largest absolute Gasteiger partial charge is 0.493 e. The van der Waals surface area contributed by atoms with Gasteiger partial charge in [0, 0.05) is 18.2 Å². The lowest BCUT2D eigenvalue weighted by Crippen LogP contribution is -2.36. The number of benzene rings is 3. The maximum absolute atomic E-state index is 13.2. The van der Waals surface area contributed by atoms with Crippen molar-refractivity contribution in [3.8, 4) is 28.6 Å². The van der Waals surface area contributed by atoms with Crippen molar-refractivity contribution in [3.63, 3.8) is 0 Å². The molecule has 8 nitrogen and oxygen atoms in total. The first-order chi connectivity index (χ1) is 19.1. The van der Waals surface area contributed by atoms with Gasteiger partial charge in [0.15, 0.2) is 17.2 Å². The van der Waals surface area contributed by atoms with E-state index < -0.39 is 6.23 Å². The number of carbonyl (C=O) groups excluding carboxylic acids is 1. The lowest BCUT2D eigenvalue weighted by molar-refractivity contribution is -0.118. The Balaban J connectivity index is 1.63. The third-order valence-corrected chi connectivity index (χ3v) is 7.23. The summed E-state index contributed by atoms with van der Waals surface area (Å²) >= 11 is 1.54. The molecule has 0 radical (unpaired) electrons. The second-order valence-electron chi connectivity index (χ2n) is 8.98. The number of thioether (sulfide) groups is 1. The molecule has 4 aromatic rings. The van der Waals surface area contributed by atoms with Crippen LogP contribution < -0.4 is 19.1 Å². The molecule has 3 aromatic carbocycles. The number of hydrogen-bond acceptors (Lipinski definition) is 8. The van der Waals surface area contributed by atoms with Gasteiger partial charge in [0.25, 0.3) is 0 Å². The number of para-hydroxylation sites is 2. The van der Waals surface area contributed by atoms with Crippen molar-refractivity contribution in [3.05, 3.63) is 83.9 Å². The zero-order chi connectivity index (χ0) is 27.2. The van der Waals surface area contributed by atoms with Crippen LogP contribution in [0.2, 0.25) is 0 Å². The van der Waals surface area contributed by atoms with Gasteiger partial charge in [0.1, 0.15) is 6.61 Å². The van der Waals surface area contributed by atoms with Gasteiger partial charge in [-0.1, -0.05) is 79.7 Å². The van der Waals surface area contributed by atoms with E-state index in [9.17, 15) is 4.79 Å². The van der Waals surface area contributed by atoms with E-state index in [1.165, 1.54) is 18.7 Å². The Morgan fingerprint density at radius 2 is 1.82 bits per heavy atom. The minimum atomic E-state index is -0.893. The van der Waals surface area contributed by atoms with Crippen LogP contribution in [-0.2, 0) is 11.4 Å². The lowest BCUT2D eigenvalue weighted by Gasteiger charge is -2.31. The number of aromatic nitrogens is 3. The standard InChI is InChI=1S/C30H30N4O4S/c1-4-5-18-39-30-31-28-26(32-33-30)22-14-9-10-16-24(22)34(20(2)35)29(38-28)23-15-11-17-25(36-3)27(23)37-19-21-12-7-6-8-13-21/h6-17,29H,4-5,18-19H2,1-3H3. The molecule has 1 aliphatic heterocycles. The molecular weight excluding hydrogens is 512 g/mol. The van der Waals surface area contributed by atoms with Gasteiger partial charge in [-0.25, -0.2) is 0 Å². The molecule has 1 aromatic heterocycles. The summed E-state index contributed by atoms with van der Waals surface area (Å²) in [7, 11) is 1.59. The Hall–Kier alpha value is -4.11. The van der Waals surface area contributed by atoms with Crippen molar-refractivity contribution in [2.75, 3.05) is 17.8 Å². The van der Waals surface area contributed by atoms with Crippen LogP contribution in [0.4, 0.5) is 5.69 Å². The van der Waals surface area contributed by atoms with E-state index in [0.29, 0.717) is 51.7 Å². The minimum Gasteiger partial charge on any atom is -0.493 e. The van der Waals surface area contributed by atoms with Crippen LogP contribution in [-0.4, -0.2) is 34.0 Å². The van der Waals surface area contributed by atoms with Crippen LogP contribution in [0.25, 0.3) is 11.3 Å². The Kier molecular flexibility index (Phi) is 8.27. The zero-order valence-corrected chi connectivity index (χ0v) is 23.0. The Bertz CT molecular complexity index is 1450. The van der Waals surface area contributed by atoms with Gasteiger partial charge in [-0.2, -0.15) is 4.98 Å². The third-order valence-electron chi connectivity index (χ3n) is 6.30. The lowest BCUT2D eigenvalue weighted by atomic mass is 10.1. The maximum Gasteiger partial charge on any atom is 0.247 e. The summed E-state index contributed by atoms with van der Waals surface area (Å²) < 4.78 is 18.6. The number of rotatable bonds is 9. The van der Waals surface area contributed by atoms with Crippen LogP contribution in [0.3, 0.4) is 0 Å². The van der Waals surface area contributed by atoms with Gasteiger partial charge in [-0.15, -0.1) is 10.2 Å². The van der Waals surface area contributed by atoms with Crippen LogP contribution in [0.1, 0.15) is 44.0 Å². The van der Waals surface area contributed by atoms with E-state index in [0.717, 1.165) is 24.2 Å². The van der Waals surface area contributed by atoms with Gasteiger partial charge in [0.2, 0.25) is 23.2 Å². The third kappa shape index (κ3) is 5.68. The number of ether oxygens (including phenoxy) is 3. The molecule has 1 atom stereocenters. The highest BCUT2D eigenvalue weighted by molar-refractivity contribution is 7.99. The van der Waals surface area contributed by atoms with Gasteiger partial charge in [-0.3, -0.25) is 9.69 Å². The second-order valence-corrected chi connectivity index (χ2v) is 10.0. The molecule has 39 heavy (non-hydrogen) atoms. The highest BCUT2D eigenvalue weighted by Gasteiger charge is 2.36. The fraction of sp³-hybridized carbons (Fsp3) is 0.267. The van der Waals surface area contributed by atoms with Crippen molar-refractivity contribution in [2.24, 2.45) is 0 Å². The summed E-state index contributed by atoms with van der Waals surface area (Å²) in [4.78, 5) is 19.6. The van der Waals surface area contributed by atoms with E-state index in [2.05, 4.69) is 17.1 Å². The molecule has 0 fully saturated rings. The highest BCUT2D eigenvalue weighted by Crippen LogP contribution is 2.46. The predicted octanol–water partition coefficient (Wildman–Crippen LogP) is 6.46. The second kappa shape index (κ2) is 12.2. The number of amides is 1. The number of carbonyl (C=O) groups is 1. The number of nitrogens with zero attached hydrogens (tertiary/aromatic N) is 4. The van der Waals surface area contributed by atoms with Gasteiger partial charge >= 0.3 is 0 Å². The fourth-order valence-electron chi connectivity index (χ4n) is 4.40. The summed E-state index contributed by atoms with van der Waals surface area (Å²) in [6, 6.07) is 23.0.